The Bertz CT molecular complexity index is 809. The number of sulfonamides is 1. The molecule has 0 saturated heterocycles. The van der Waals surface area contributed by atoms with Gasteiger partial charge in [0.2, 0.25) is 0 Å². The van der Waals surface area contributed by atoms with Crippen LogP contribution in [0.2, 0.25) is 0 Å². The minimum absolute atomic E-state index is 0.0540. The van der Waals surface area contributed by atoms with Crippen LogP contribution in [0.15, 0.2) is 26.0 Å². The van der Waals surface area contributed by atoms with Crippen LogP contribution in [0.4, 0.5) is 5.95 Å². The molecule has 0 atom stereocenters. The Labute approximate surface area is 139 Å². The van der Waals surface area contributed by atoms with E-state index in [-0.39, 0.29) is 10.8 Å². The molecule has 0 radical (unpaired) electrons. The Morgan fingerprint density at radius 3 is 2.29 bits per heavy atom. The number of aryl methyl sites for hydroxylation is 3. The first-order valence-electron chi connectivity index (χ1n) is 5.87. The molecule has 2 rings (SSSR count). The number of halogens is 2. The van der Waals surface area contributed by atoms with Crippen LogP contribution in [0, 0.1) is 20.8 Å². The molecule has 112 valence electrons. The Morgan fingerprint density at radius 1 is 1.00 bits per heavy atom. The van der Waals surface area contributed by atoms with E-state index >= 15 is 0 Å². The summed E-state index contributed by atoms with van der Waals surface area (Å²) in [5.41, 5.74) is 2.19. The van der Waals surface area contributed by atoms with E-state index in [2.05, 4.69) is 51.8 Å². The molecule has 0 bridgehead atoms. The van der Waals surface area contributed by atoms with Gasteiger partial charge in [0.05, 0.1) is 11.4 Å². The third-order valence-corrected chi connectivity index (χ3v) is 5.96. The van der Waals surface area contributed by atoms with Gasteiger partial charge >= 0.3 is 0 Å². The maximum Gasteiger partial charge on any atom is 0.265 e. The lowest BCUT2D eigenvalue weighted by atomic mass is 10.2. The van der Waals surface area contributed by atoms with E-state index in [1.165, 1.54) is 6.07 Å². The summed E-state index contributed by atoms with van der Waals surface area (Å²) in [4.78, 5) is 4.16. The molecule has 0 spiro atoms. The Morgan fingerprint density at radius 2 is 1.67 bits per heavy atom. The van der Waals surface area contributed by atoms with Crippen LogP contribution in [-0.4, -0.2) is 23.6 Å². The van der Waals surface area contributed by atoms with Crippen molar-refractivity contribution in [3.05, 3.63) is 38.0 Å². The fourth-order valence-corrected chi connectivity index (χ4v) is 4.13. The second-order valence-corrected chi connectivity index (χ2v) is 7.80. The summed E-state index contributed by atoms with van der Waals surface area (Å²) in [5.74, 6) is -0.0540. The van der Waals surface area contributed by atoms with Crippen molar-refractivity contribution in [3.63, 3.8) is 0 Å². The average Bonchev–Trinajstić information content (AvgIpc) is 2.37. The zero-order chi connectivity index (χ0) is 15.8. The van der Waals surface area contributed by atoms with Gasteiger partial charge in [-0.2, -0.15) is 5.10 Å². The maximum atomic E-state index is 12.4. The Kier molecular flexibility index (Phi) is 4.64. The number of hydrogen-bond acceptors (Lipinski definition) is 5. The minimum Gasteiger partial charge on any atom is -0.246 e. The normalized spacial score (nSPS) is 11.5. The van der Waals surface area contributed by atoms with E-state index in [1.807, 2.05) is 6.92 Å². The lowest BCUT2D eigenvalue weighted by Crippen LogP contribution is -2.17. The molecule has 1 aromatic carbocycles. The highest BCUT2D eigenvalue weighted by Crippen LogP contribution is 2.29. The topological polar surface area (TPSA) is 84.8 Å². The predicted molar refractivity (Wildman–Crippen MR) is 86.7 cm³/mol. The van der Waals surface area contributed by atoms with E-state index in [4.69, 9.17) is 0 Å². The van der Waals surface area contributed by atoms with E-state index in [1.54, 1.807) is 19.9 Å². The molecule has 0 aliphatic heterocycles. The molecule has 0 amide bonds. The maximum absolute atomic E-state index is 12.4. The fraction of sp³-hybridized carbons (Fsp3) is 0.250. The van der Waals surface area contributed by atoms with Gasteiger partial charge in [0.15, 0.2) is 0 Å². The molecule has 1 heterocycles. The highest BCUT2D eigenvalue weighted by Gasteiger charge is 2.20. The molecule has 0 aliphatic carbocycles. The first-order chi connectivity index (χ1) is 9.70. The SMILES string of the molecule is Cc1cc(Br)c(S(=O)(=O)Nc2nnc(C)c(C)n2)cc1Br. The number of nitrogens with one attached hydrogen (secondary N) is 1. The fourth-order valence-electron chi connectivity index (χ4n) is 1.51. The molecule has 1 N–H and O–H groups in total. The zero-order valence-electron chi connectivity index (χ0n) is 11.5. The summed E-state index contributed by atoms with van der Waals surface area (Å²) < 4.78 is 28.3. The van der Waals surface area contributed by atoms with Crippen LogP contribution >= 0.6 is 31.9 Å². The molecule has 2 aromatic rings. The van der Waals surface area contributed by atoms with Gasteiger partial charge in [0.1, 0.15) is 4.90 Å². The summed E-state index contributed by atoms with van der Waals surface area (Å²) in [6, 6.07) is 3.24. The quantitative estimate of drug-likeness (QED) is 0.800. The first-order valence-corrected chi connectivity index (χ1v) is 8.94. The number of anilines is 1. The minimum atomic E-state index is -3.80. The smallest absolute Gasteiger partial charge is 0.246 e. The highest BCUT2D eigenvalue weighted by atomic mass is 79.9. The van der Waals surface area contributed by atoms with E-state index < -0.39 is 10.0 Å². The summed E-state index contributed by atoms with van der Waals surface area (Å²) in [7, 11) is -3.80. The van der Waals surface area contributed by atoms with Crippen molar-refractivity contribution in [1.29, 1.82) is 0 Å². The highest BCUT2D eigenvalue weighted by molar-refractivity contribution is 9.11. The van der Waals surface area contributed by atoms with Crippen LogP contribution in [0.5, 0.6) is 0 Å². The lowest BCUT2D eigenvalue weighted by molar-refractivity contribution is 0.600. The van der Waals surface area contributed by atoms with Crippen molar-refractivity contribution in [1.82, 2.24) is 15.2 Å². The van der Waals surface area contributed by atoms with Crippen molar-refractivity contribution in [2.45, 2.75) is 25.7 Å². The van der Waals surface area contributed by atoms with E-state index in [9.17, 15) is 8.42 Å². The monoisotopic (exact) mass is 434 g/mol. The molecular formula is C12H12Br2N4O2S. The molecule has 9 heteroatoms. The first kappa shape index (κ1) is 16.3. The van der Waals surface area contributed by atoms with Crippen LogP contribution in [-0.2, 0) is 10.0 Å². The zero-order valence-corrected chi connectivity index (χ0v) is 15.5. The van der Waals surface area contributed by atoms with Crippen LogP contribution in [0.25, 0.3) is 0 Å². The van der Waals surface area contributed by atoms with Crippen molar-refractivity contribution >= 4 is 47.8 Å². The number of aromatic nitrogens is 3. The molecule has 21 heavy (non-hydrogen) atoms. The Balaban J connectivity index is 2.43. The molecule has 0 aliphatic rings. The van der Waals surface area contributed by atoms with Crippen molar-refractivity contribution in [2.24, 2.45) is 0 Å². The third kappa shape index (κ3) is 3.58. The number of benzene rings is 1. The van der Waals surface area contributed by atoms with Gasteiger partial charge < -0.3 is 0 Å². The third-order valence-electron chi connectivity index (χ3n) is 2.82. The molecule has 0 fully saturated rings. The van der Waals surface area contributed by atoms with E-state index in [0.29, 0.717) is 20.3 Å². The van der Waals surface area contributed by atoms with Gasteiger partial charge in [-0.3, -0.25) is 0 Å². The second-order valence-electron chi connectivity index (χ2n) is 4.44. The largest absolute Gasteiger partial charge is 0.265 e. The van der Waals surface area contributed by atoms with Crippen LogP contribution in [0.3, 0.4) is 0 Å². The summed E-state index contributed by atoms with van der Waals surface area (Å²) >= 11 is 6.58. The predicted octanol–water partition coefficient (Wildman–Crippen LogP) is 3.12. The summed E-state index contributed by atoms with van der Waals surface area (Å²) in [5, 5.41) is 7.59. The molecular weight excluding hydrogens is 424 g/mol. The number of rotatable bonds is 3. The van der Waals surface area contributed by atoms with Gasteiger partial charge in [-0.25, -0.2) is 18.1 Å². The summed E-state index contributed by atoms with van der Waals surface area (Å²) in [6.45, 7) is 5.36. The van der Waals surface area contributed by atoms with Gasteiger partial charge in [0.25, 0.3) is 16.0 Å². The molecule has 1 aromatic heterocycles. The van der Waals surface area contributed by atoms with Crippen LogP contribution < -0.4 is 4.72 Å². The molecule has 0 saturated carbocycles. The van der Waals surface area contributed by atoms with Gasteiger partial charge in [0, 0.05) is 8.95 Å². The number of nitrogens with zero attached hydrogens (tertiary/aromatic N) is 3. The molecule has 6 nitrogen and oxygen atoms in total. The van der Waals surface area contributed by atoms with E-state index in [0.717, 1.165) is 5.56 Å². The standard InChI is InChI=1S/C12H12Br2N4O2S/c1-6-4-10(14)11(5-9(6)13)21(19,20)18-12-15-7(2)8(3)16-17-12/h4-5H,1-3H3,(H,15,17,18). The number of hydrogen-bond donors (Lipinski definition) is 1. The average molecular weight is 436 g/mol. The van der Waals surface area contributed by atoms with Crippen molar-refractivity contribution < 1.29 is 8.42 Å². The second kappa shape index (κ2) is 5.98. The van der Waals surface area contributed by atoms with Crippen molar-refractivity contribution in [3.8, 4) is 0 Å². The summed E-state index contributed by atoms with van der Waals surface area (Å²) in [6.07, 6.45) is 0. The van der Waals surface area contributed by atoms with Crippen molar-refractivity contribution in [2.75, 3.05) is 4.72 Å². The van der Waals surface area contributed by atoms with Gasteiger partial charge in [-0.15, -0.1) is 5.10 Å². The van der Waals surface area contributed by atoms with Gasteiger partial charge in [-0.1, -0.05) is 15.9 Å². The molecule has 0 unspecified atom stereocenters. The lowest BCUT2D eigenvalue weighted by Gasteiger charge is -2.10. The van der Waals surface area contributed by atoms with Gasteiger partial charge in [-0.05, 0) is 54.4 Å². The Hall–Kier alpha value is -1.06. The van der Waals surface area contributed by atoms with Crippen LogP contribution in [0.1, 0.15) is 17.0 Å².